The maximum atomic E-state index is 12.3. The number of carbonyl (C=O) groups is 2. The molecule has 0 radical (unpaired) electrons. The number of carbonyl (C=O) groups excluding carboxylic acids is 2. The average Bonchev–Trinajstić information content (AvgIpc) is 2.83. The number of furan rings is 1. The molecule has 6 nitrogen and oxygen atoms in total. The van der Waals surface area contributed by atoms with Crippen molar-refractivity contribution in [1.82, 2.24) is 4.90 Å². The molecule has 2 heterocycles. The van der Waals surface area contributed by atoms with Crippen LogP contribution < -0.4 is 0 Å². The van der Waals surface area contributed by atoms with Crippen molar-refractivity contribution in [3.8, 4) is 0 Å². The van der Waals surface area contributed by atoms with E-state index in [1.807, 2.05) is 0 Å². The summed E-state index contributed by atoms with van der Waals surface area (Å²) >= 11 is 0. The topological polar surface area (TPSA) is 69.0 Å². The first kappa shape index (κ1) is 12.6. The van der Waals surface area contributed by atoms with Gasteiger partial charge in [0.2, 0.25) is 0 Å². The minimum atomic E-state index is -0.689. The van der Waals surface area contributed by atoms with Gasteiger partial charge in [-0.1, -0.05) is 0 Å². The zero-order valence-electron chi connectivity index (χ0n) is 10.3. The lowest BCUT2D eigenvalue weighted by atomic mass is 10.1. The van der Waals surface area contributed by atoms with E-state index in [1.165, 1.54) is 18.3 Å². The molecule has 18 heavy (non-hydrogen) atoms. The molecule has 6 heteroatoms. The van der Waals surface area contributed by atoms with E-state index in [2.05, 4.69) is 4.74 Å². The summed E-state index contributed by atoms with van der Waals surface area (Å²) in [4.78, 5) is 25.4. The van der Waals surface area contributed by atoms with Crippen LogP contribution in [0.5, 0.6) is 0 Å². The van der Waals surface area contributed by atoms with E-state index >= 15 is 0 Å². The Labute approximate surface area is 104 Å². The Morgan fingerprint density at radius 1 is 1.50 bits per heavy atom. The molecule has 0 aromatic carbocycles. The van der Waals surface area contributed by atoms with E-state index in [1.54, 1.807) is 13.0 Å². The molecule has 0 aliphatic carbocycles. The van der Waals surface area contributed by atoms with E-state index < -0.39 is 12.0 Å². The molecule has 1 aromatic heterocycles. The van der Waals surface area contributed by atoms with Crippen LogP contribution in [-0.4, -0.2) is 49.7 Å². The number of methoxy groups -OCH3 is 1. The van der Waals surface area contributed by atoms with Crippen LogP contribution in [0, 0.1) is 6.92 Å². The third-order valence-electron chi connectivity index (χ3n) is 2.95. The van der Waals surface area contributed by atoms with E-state index in [9.17, 15) is 9.59 Å². The van der Waals surface area contributed by atoms with Crippen LogP contribution in [0.1, 0.15) is 16.1 Å². The molecular formula is C12H15NO5. The van der Waals surface area contributed by atoms with Gasteiger partial charge in [-0.05, 0) is 13.0 Å². The highest BCUT2D eigenvalue weighted by Gasteiger charge is 2.34. The average molecular weight is 253 g/mol. The number of hydrogen-bond acceptors (Lipinski definition) is 5. The van der Waals surface area contributed by atoms with Crippen LogP contribution in [0.3, 0.4) is 0 Å². The van der Waals surface area contributed by atoms with Crippen molar-refractivity contribution in [2.24, 2.45) is 0 Å². The van der Waals surface area contributed by atoms with Gasteiger partial charge >= 0.3 is 5.97 Å². The molecular weight excluding hydrogens is 238 g/mol. The van der Waals surface area contributed by atoms with Gasteiger partial charge in [0.1, 0.15) is 5.76 Å². The zero-order chi connectivity index (χ0) is 13.1. The fourth-order valence-corrected chi connectivity index (χ4v) is 1.94. The largest absolute Gasteiger partial charge is 0.469 e. The molecule has 1 amide bonds. The minimum Gasteiger partial charge on any atom is -0.469 e. The van der Waals surface area contributed by atoms with Gasteiger partial charge in [-0.25, -0.2) is 4.79 Å². The highest BCUT2D eigenvalue weighted by atomic mass is 16.5. The lowest BCUT2D eigenvalue weighted by molar-refractivity contribution is -0.151. The minimum absolute atomic E-state index is 0.162. The Morgan fingerprint density at radius 2 is 2.28 bits per heavy atom. The molecule has 1 atom stereocenters. The Bertz CT molecular complexity index is 453. The van der Waals surface area contributed by atoms with Gasteiger partial charge in [0.15, 0.2) is 6.04 Å². The second-order valence-corrected chi connectivity index (χ2v) is 4.00. The molecule has 1 aromatic rings. The number of rotatable bonds is 2. The predicted molar refractivity (Wildman–Crippen MR) is 61.1 cm³/mol. The molecule has 0 N–H and O–H groups in total. The van der Waals surface area contributed by atoms with Crippen molar-refractivity contribution in [3.63, 3.8) is 0 Å². The summed E-state index contributed by atoms with van der Waals surface area (Å²) in [6, 6.07) is 0.909. The fourth-order valence-electron chi connectivity index (χ4n) is 1.94. The van der Waals surface area contributed by atoms with Crippen molar-refractivity contribution in [1.29, 1.82) is 0 Å². The van der Waals surface area contributed by atoms with Crippen LogP contribution >= 0.6 is 0 Å². The summed E-state index contributed by atoms with van der Waals surface area (Å²) in [6.45, 7) is 2.65. The van der Waals surface area contributed by atoms with Crippen molar-refractivity contribution in [2.45, 2.75) is 13.0 Å². The van der Waals surface area contributed by atoms with E-state index in [-0.39, 0.29) is 12.5 Å². The van der Waals surface area contributed by atoms with Gasteiger partial charge in [-0.15, -0.1) is 0 Å². The van der Waals surface area contributed by atoms with Crippen LogP contribution in [0.4, 0.5) is 0 Å². The Balaban J connectivity index is 2.21. The first-order valence-electron chi connectivity index (χ1n) is 5.65. The first-order valence-corrected chi connectivity index (χ1v) is 5.65. The Hall–Kier alpha value is -1.82. The molecule has 0 saturated carbocycles. The van der Waals surface area contributed by atoms with Crippen LogP contribution in [-0.2, 0) is 14.3 Å². The molecule has 1 aliphatic rings. The number of ether oxygens (including phenoxy) is 2. The molecule has 1 unspecified atom stereocenters. The summed E-state index contributed by atoms with van der Waals surface area (Å²) in [5.74, 6) is -0.167. The number of amides is 1. The molecule has 1 aliphatic heterocycles. The molecule has 0 spiro atoms. The lowest BCUT2D eigenvalue weighted by Gasteiger charge is -2.33. The van der Waals surface area contributed by atoms with Crippen LogP contribution in [0.15, 0.2) is 16.7 Å². The number of hydrogen-bond donors (Lipinski definition) is 0. The first-order chi connectivity index (χ1) is 8.65. The van der Waals surface area contributed by atoms with Gasteiger partial charge < -0.3 is 18.8 Å². The van der Waals surface area contributed by atoms with Gasteiger partial charge in [0, 0.05) is 6.54 Å². The van der Waals surface area contributed by atoms with E-state index in [4.69, 9.17) is 9.15 Å². The monoisotopic (exact) mass is 253 g/mol. The standard InChI is InChI=1S/C12H15NO5/c1-8-9(3-5-18-8)11(14)13-4-6-17-7-10(13)12(15)16-2/h3,5,10H,4,6-7H2,1-2H3. The summed E-state index contributed by atoms with van der Waals surface area (Å²) in [5, 5.41) is 0. The Kier molecular flexibility index (Phi) is 3.66. The number of morpholine rings is 1. The van der Waals surface area contributed by atoms with Gasteiger partial charge in [-0.3, -0.25) is 4.79 Å². The van der Waals surface area contributed by atoms with Gasteiger partial charge in [0.05, 0.1) is 32.2 Å². The highest BCUT2D eigenvalue weighted by Crippen LogP contribution is 2.17. The van der Waals surface area contributed by atoms with E-state index in [0.717, 1.165) is 0 Å². The number of aryl methyl sites for hydroxylation is 1. The highest BCUT2D eigenvalue weighted by molar-refractivity contribution is 5.97. The van der Waals surface area contributed by atoms with E-state index in [0.29, 0.717) is 24.5 Å². The van der Waals surface area contributed by atoms with Crippen molar-refractivity contribution < 1.29 is 23.5 Å². The maximum Gasteiger partial charge on any atom is 0.331 e. The SMILES string of the molecule is COC(=O)C1COCCN1C(=O)c1ccoc1C. The summed E-state index contributed by atoms with van der Waals surface area (Å²) in [7, 11) is 1.29. The van der Waals surface area contributed by atoms with Crippen molar-refractivity contribution >= 4 is 11.9 Å². The van der Waals surface area contributed by atoms with Crippen molar-refractivity contribution in [3.05, 3.63) is 23.7 Å². The quantitative estimate of drug-likeness (QED) is 0.722. The maximum absolute atomic E-state index is 12.3. The fraction of sp³-hybridized carbons (Fsp3) is 0.500. The molecule has 1 fully saturated rings. The van der Waals surface area contributed by atoms with Gasteiger partial charge in [-0.2, -0.15) is 0 Å². The summed E-state index contributed by atoms with van der Waals surface area (Å²) in [6.07, 6.45) is 1.45. The summed E-state index contributed by atoms with van der Waals surface area (Å²) < 4.78 is 15.0. The summed E-state index contributed by atoms with van der Waals surface area (Å²) in [5.41, 5.74) is 0.464. The van der Waals surface area contributed by atoms with Crippen LogP contribution in [0.25, 0.3) is 0 Å². The van der Waals surface area contributed by atoms with Crippen LogP contribution in [0.2, 0.25) is 0 Å². The second kappa shape index (κ2) is 5.22. The third kappa shape index (κ3) is 2.24. The molecule has 1 saturated heterocycles. The molecule has 0 bridgehead atoms. The lowest BCUT2D eigenvalue weighted by Crippen LogP contribution is -2.53. The second-order valence-electron chi connectivity index (χ2n) is 4.00. The third-order valence-corrected chi connectivity index (χ3v) is 2.95. The zero-order valence-corrected chi connectivity index (χ0v) is 10.3. The Morgan fingerprint density at radius 3 is 2.89 bits per heavy atom. The predicted octanol–water partition coefficient (Wildman–Crippen LogP) is 0.602. The normalized spacial score (nSPS) is 19.7. The smallest absolute Gasteiger partial charge is 0.331 e. The molecule has 98 valence electrons. The van der Waals surface area contributed by atoms with Crippen molar-refractivity contribution in [2.75, 3.05) is 26.9 Å². The van der Waals surface area contributed by atoms with Gasteiger partial charge in [0.25, 0.3) is 5.91 Å². The molecule has 2 rings (SSSR count). The number of esters is 1. The number of nitrogens with zero attached hydrogens (tertiary/aromatic N) is 1.